The Kier molecular flexibility index (Phi) is 6.78. The van der Waals surface area contributed by atoms with Crippen molar-refractivity contribution >= 4 is 0 Å². The van der Waals surface area contributed by atoms with Gasteiger partial charge in [0.15, 0.2) is 0 Å². The first-order chi connectivity index (χ1) is 8.29. The van der Waals surface area contributed by atoms with Gasteiger partial charge < -0.3 is 14.8 Å². The van der Waals surface area contributed by atoms with Gasteiger partial charge in [-0.3, -0.25) is 0 Å². The van der Waals surface area contributed by atoms with Gasteiger partial charge in [0.05, 0.1) is 5.60 Å². The Morgan fingerprint density at radius 3 is 2.65 bits per heavy atom. The molecule has 1 atom stereocenters. The van der Waals surface area contributed by atoms with Crippen molar-refractivity contribution in [3.63, 3.8) is 0 Å². The molecule has 1 N–H and O–H groups in total. The summed E-state index contributed by atoms with van der Waals surface area (Å²) in [5.41, 5.74) is -0.0592. The minimum atomic E-state index is -0.0592. The number of hydrogen-bond acceptors (Lipinski definition) is 3. The zero-order valence-corrected chi connectivity index (χ0v) is 11.3. The van der Waals surface area contributed by atoms with Crippen LogP contribution in [-0.2, 0) is 9.47 Å². The highest BCUT2D eigenvalue weighted by Crippen LogP contribution is 2.30. The van der Waals surface area contributed by atoms with Crippen molar-refractivity contribution in [1.29, 1.82) is 0 Å². The van der Waals surface area contributed by atoms with E-state index in [9.17, 15) is 0 Å². The van der Waals surface area contributed by atoms with E-state index in [0.29, 0.717) is 6.04 Å². The van der Waals surface area contributed by atoms with Gasteiger partial charge in [0.25, 0.3) is 0 Å². The molecule has 0 aromatic heterocycles. The summed E-state index contributed by atoms with van der Waals surface area (Å²) in [5, 5.41) is 3.61. The molecule has 0 aromatic carbocycles. The van der Waals surface area contributed by atoms with Crippen molar-refractivity contribution < 1.29 is 9.47 Å². The van der Waals surface area contributed by atoms with Crippen molar-refractivity contribution in [2.24, 2.45) is 0 Å². The highest BCUT2D eigenvalue weighted by Gasteiger charge is 2.40. The van der Waals surface area contributed by atoms with Gasteiger partial charge in [-0.05, 0) is 26.3 Å². The summed E-state index contributed by atoms with van der Waals surface area (Å²) in [6, 6.07) is 0.365. The molecule has 0 saturated carbocycles. The zero-order valence-electron chi connectivity index (χ0n) is 11.3. The van der Waals surface area contributed by atoms with E-state index < -0.39 is 0 Å². The number of hydrogen-bond donors (Lipinski definition) is 1. The van der Waals surface area contributed by atoms with Gasteiger partial charge in [0.2, 0.25) is 0 Å². The van der Waals surface area contributed by atoms with E-state index in [1.807, 2.05) is 6.08 Å². The van der Waals surface area contributed by atoms with Crippen LogP contribution >= 0.6 is 0 Å². The lowest BCUT2D eigenvalue weighted by Gasteiger charge is -2.43. The van der Waals surface area contributed by atoms with Gasteiger partial charge in [-0.25, -0.2) is 0 Å². The summed E-state index contributed by atoms with van der Waals surface area (Å²) >= 11 is 0. The molecule has 100 valence electrons. The Labute approximate surface area is 106 Å². The molecule has 3 nitrogen and oxygen atoms in total. The van der Waals surface area contributed by atoms with E-state index in [1.165, 1.54) is 0 Å². The quantitative estimate of drug-likeness (QED) is 0.662. The molecule has 1 aliphatic heterocycles. The minimum Gasteiger partial charge on any atom is -0.381 e. The van der Waals surface area contributed by atoms with E-state index in [0.717, 1.165) is 52.0 Å². The van der Waals surface area contributed by atoms with E-state index in [1.54, 1.807) is 0 Å². The molecule has 0 aromatic rings. The molecule has 1 rings (SSSR count). The van der Waals surface area contributed by atoms with Gasteiger partial charge in [-0.2, -0.15) is 0 Å². The summed E-state index contributed by atoms with van der Waals surface area (Å²) in [7, 11) is 0. The smallest absolute Gasteiger partial charge is 0.0881 e. The summed E-state index contributed by atoms with van der Waals surface area (Å²) in [6.45, 7) is 11.5. The monoisotopic (exact) mass is 241 g/mol. The highest BCUT2D eigenvalue weighted by molar-refractivity contribution is 4.98. The van der Waals surface area contributed by atoms with Crippen LogP contribution in [0.3, 0.4) is 0 Å². The summed E-state index contributed by atoms with van der Waals surface area (Å²) < 4.78 is 11.6. The van der Waals surface area contributed by atoms with Crippen molar-refractivity contribution in [3.05, 3.63) is 12.7 Å². The molecule has 0 aliphatic carbocycles. The number of ether oxygens (including phenoxy) is 2. The first-order valence-corrected chi connectivity index (χ1v) is 6.85. The van der Waals surface area contributed by atoms with Crippen molar-refractivity contribution in [1.82, 2.24) is 5.32 Å². The third-order valence-electron chi connectivity index (χ3n) is 3.45. The van der Waals surface area contributed by atoms with E-state index in [2.05, 4.69) is 25.7 Å². The fraction of sp³-hybridized carbons (Fsp3) is 0.857. The van der Waals surface area contributed by atoms with Gasteiger partial charge in [-0.1, -0.05) is 13.0 Å². The lowest BCUT2D eigenvalue weighted by atomic mass is 9.84. The predicted octanol–water partition coefficient (Wildman–Crippen LogP) is 2.52. The molecular weight excluding hydrogens is 214 g/mol. The maximum absolute atomic E-state index is 6.09. The lowest BCUT2D eigenvalue weighted by molar-refractivity contribution is -0.126. The maximum Gasteiger partial charge on any atom is 0.0881 e. The first kappa shape index (κ1) is 14.7. The molecule has 0 spiro atoms. The molecule has 0 amide bonds. The lowest BCUT2D eigenvalue weighted by Crippen LogP contribution is -2.55. The second-order valence-electron chi connectivity index (χ2n) is 4.64. The van der Waals surface area contributed by atoms with E-state index in [4.69, 9.17) is 9.47 Å². The van der Waals surface area contributed by atoms with Gasteiger partial charge in [-0.15, -0.1) is 6.58 Å². The molecule has 1 heterocycles. The molecule has 0 radical (unpaired) electrons. The Morgan fingerprint density at radius 1 is 1.41 bits per heavy atom. The predicted molar refractivity (Wildman–Crippen MR) is 71.3 cm³/mol. The first-order valence-electron chi connectivity index (χ1n) is 6.85. The topological polar surface area (TPSA) is 30.5 Å². The van der Waals surface area contributed by atoms with Crippen LogP contribution < -0.4 is 5.32 Å². The Hall–Kier alpha value is -0.380. The van der Waals surface area contributed by atoms with Crippen LogP contribution in [0, 0.1) is 0 Å². The standard InChI is InChI=1S/C14H27NO2/c1-4-7-13(15-10-5-2)14(17-6-3)8-11-16-12-9-14/h4,13,15H,1,5-12H2,2-3H3. The van der Waals surface area contributed by atoms with Gasteiger partial charge in [0.1, 0.15) is 0 Å². The van der Waals surface area contributed by atoms with Crippen LogP contribution in [0.2, 0.25) is 0 Å². The third-order valence-corrected chi connectivity index (χ3v) is 3.45. The Morgan fingerprint density at radius 2 is 2.12 bits per heavy atom. The van der Waals surface area contributed by atoms with Crippen LogP contribution in [0.15, 0.2) is 12.7 Å². The number of rotatable bonds is 8. The van der Waals surface area contributed by atoms with Crippen molar-refractivity contribution in [2.75, 3.05) is 26.4 Å². The summed E-state index contributed by atoms with van der Waals surface area (Å²) in [4.78, 5) is 0. The largest absolute Gasteiger partial charge is 0.381 e. The average Bonchev–Trinajstić information content (AvgIpc) is 2.36. The fourth-order valence-electron chi connectivity index (χ4n) is 2.57. The van der Waals surface area contributed by atoms with Crippen LogP contribution in [0.4, 0.5) is 0 Å². The SMILES string of the molecule is C=CCC(NCCC)C1(OCC)CCOCC1. The molecule has 3 heteroatoms. The average molecular weight is 241 g/mol. The van der Waals surface area contributed by atoms with Gasteiger partial charge in [0, 0.05) is 38.7 Å². The second-order valence-corrected chi connectivity index (χ2v) is 4.64. The van der Waals surface area contributed by atoms with E-state index >= 15 is 0 Å². The third kappa shape index (κ3) is 4.09. The second kappa shape index (κ2) is 7.85. The van der Waals surface area contributed by atoms with E-state index in [-0.39, 0.29) is 5.60 Å². The molecule has 1 unspecified atom stereocenters. The minimum absolute atomic E-state index is 0.0592. The molecule has 1 aliphatic rings. The Bertz CT molecular complexity index is 207. The summed E-state index contributed by atoms with van der Waals surface area (Å²) in [5.74, 6) is 0. The van der Waals surface area contributed by atoms with Crippen LogP contribution in [-0.4, -0.2) is 38.0 Å². The molecular formula is C14H27NO2. The Balaban J connectivity index is 2.70. The highest BCUT2D eigenvalue weighted by atomic mass is 16.5. The number of nitrogens with one attached hydrogen (secondary N) is 1. The van der Waals surface area contributed by atoms with Crippen LogP contribution in [0.25, 0.3) is 0 Å². The molecule has 17 heavy (non-hydrogen) atoms. The van der Waals surface area contributed by atoms with Crippen LogP contribution in [0.5, 0.6) is 0 Å². The van der Waals surface area contributed by atoms with Crippen molar-refractivity contribution in [3.8, 4) is 0 Å². The summed E-state index contributed by atoms with van der Waals surface area (Å²) in [6.07, 6.45) is 6.06. The van der Waals surface area contributed by atoms with Gasteiger partial charge >= 0.3 is 0 Å². The molecule has 1 saturated heterocycles. The normalized spacial score (nSPS) is 21.1. The zero-order chi connectivity index (χ0) is 12.6. The maximum atomic E-state index is 6.09. The molecule has 0 bridgehead atoms. The van der Waals surface area contributed by atoms with Crippen LogP contribution in [0.1, 0.15) is 39.5 Å². The fourth-order valence-corrected chi connectivity index (χ4v) is 2.57. The van der Waals surface area contributed by atoms with Crippen molar-refractivity contribution in [2.45, 2.75) is 51.2 Å². The molecule has 1 fully saturated rings.